The van der Waals surface area contributed by atoms with E-state index in [0.29, 0.717) is 22.4 Å². The van der Waals surface area contributed by atoms with Crippen LogP contribution in [0.4, 0.5) is 5.69 Å². The summed E-state index contributed by atoms with van der Waals surface area (Å²) in [6.45, 7) is 0. The first-order chi connectivity index (χ1) is 9.70. The lowest BCUT2D eigenvalue weighted by molar-refractivity contribution is 0.104. The van der Waals surface area contributed by atoms with Crippen LogP contribution in [0.25, 0.3) is 10.9 Å². The Morgan fingerprint density at radius 2 is 1.95 bits per heavy atom. The number of nitrogens with two attached hydrogens (primary N) is 1. The predicted octanol–water partition coefficient (Wildman–Crippen LogP) is 2.85. The highest BCUT2D eigenvalue weighted by atomic mass is 16.1. The second-order valence-corrected chi connectivity index (χ2v) is 4.49. The summed E-state index contributed by atoms with van der Waals surface area (Å²) in [6, 6.07) is 14.3. The van der Waals surface area contributed by atoms with Gasteiger partial charge in [-0.1, -0.05) is 18.2 Å². The molecule has 2 aromatic carbocycles. The number of aromatic amines is 1. The predicted molar refractivity (Wildman–Crippen MR) is 77.3 cm³/mol. The summed E-state index contributed by atoms with van der Waals surface area (Å²) in [5.41, 5.74) is 8.66. The highest BCUT2D eigenvalue weighted by Gasteiger charge is 2.16. The van der Waals surface area contributed by atoms with Crippen molar-refractivity contribution >= 4 is 22.4 Å². The summed E-state index contributed by atoms with van der Waals surface area (Å²) < 4.78 is 0. The van der Waals surface area contributed by atoms with Gasteiger partial charge in [0.2, 0.25) is 0 Å². The molecule has 0 fully saturated rings. The Hall–Kier alpha value is -3.06. The van der Waals surface area contributed by atoms with Gasteiger partial charge in [0, 0.05) is 33.9 Å². The van der Waals surface area contributed by atoms with E-state index in [1.54, 1.807) is 48.7 Å². The van der Waals surface area contributed by atoms with Crippen molar-refractivity contribution in [2.24, 2.45) is 0 Å². The zero-order valence-corrected chi connectivity index (χ0v) is 10.6. The van der Waals surface area contributed by atoms with Gasteiger partial charge in [-0.25, -0.2) is 0 Å². The minimum absolute atomic E-state index is 0.126. The fourth-order valence-corrected chi connectivity index (χ4v) is 2.23. The van der Waals surface area contributed by atoms with Gasteiger partial charge in [-0.2, -0.15) is 5.26 Å². The number of ketones is 1. The lowest BCUT2D eigenvalue weighted by Gasteiger charge is -2.03. The van der Waals surface area contributed by atoms with E-state index in [4.69, 9.17) is 11.0 Å². The molecular weight excluding hydrogens is 250 g/mol. The SMILES string of the molecule is N#Cc1ccc2c(C(=O)c3ccccc3N)c[nH]c2c1. The maximum absolute atomic E-state index is 12.5. The summed E-state index contributed by atoms with van der Waals surface area (Å²) in [7, 11) is 0. The largest absolute Gasteiger partial charge is 0.398 e. The van der Waals surface area contributed by atoms with E-state index in [1.165, 1.54) is 0 Å². The second kappa shape index (κ2) is 4.56. The Bertz CT molecular complexity index is 856. The molecule has 4 nitrogen and oxygen atoms in total. The number of nitriles is 1. The molecule has 0 amide bonds. The molecule has 0 unspecified atom stereocenters. The van der Waals surface area contributed by atoms with Gasteiger partial charge in [-0.3, -0.25) is 4.79 Å². The number of H-pyrrole nitrogens is 1. The molecule has 3 aromatic rings. The molecule has 1 aromatic heterocycles. The number of carbonyl (C=O) groups excluding carboxylic acids is 1. The zero-order valence-electron chi connectivity index (χ0n) is 10.6. The number of fused-ring (bicyclic) bond motifs is 1. The number of rotatable bonds is 2. The van der Waals surface area contributed by atoms with Crippen LogP contribution in [0.5, 0.6) is 0 Å². The summed E-state index contributed by atoms with van der Waals surface area (Å²) in [5.74, 6) is -0.126. The molecular formula is C16H11N3O. The highest BCUT2D eigenvalue weighted by molar-refractivity contribution is 6.18. The van der Waals surface area contributed by atoms with Gasteiger partial charge >= 0.3 is 0 Å². The normalized spacial score (nSPS) is 10.3. The van der Waals surface area contributed by atoms with Crippen LogP contribution in [-0.2, 0) is 0 Å². The standard InChI is InChI=1S/C16H11N3O/c17-8-10-5-6-11-13(9-19-15(11)7-10)16(20)12-3-1-2-4-14(12)18/h1-7,9,19H,18H2. The second-order valence-electron chi connectivity index (χ2n) is 4.49. The zero-order chi connectivity index (χ0) is 14.1. The van der Waals surface area contributed by atoms with E-state index in [1.807, 2.05) is 0 Å². The molecule has 0 saturated carbocycles. The minimum Gasteiger partial charge on any atom is -0.398 e. The van der Waals surface area contributed by atoms with Crippen molar-refractivity contribution in [3.8, 4) is 6.07 Å². The third kappa shape index (κ3) is 1.82. The van der Waals surface area contributed by atoms with Crippen LogP contribution in [0.1, 0.15) is 21.5 Å². The third-order valence-corrected chi connectivity index (χ3v) is 3.26. The number of nitrogens with zero attached hydrogens (tertiary/aromatic N) is 1. The van der Waals surface area contributed by atoms with Gasteiger partial charge in [-0.15, -0.1) is 0 Å². The van der Waals surface area contributed by atoms with Crippen LogP contribution in [-0.4, -0.2) is 10.8 Å². The first-order valence-electron chi connectivity index (χ1n) is 6.11. The van der Waals surface area contributed by atoms with Gasteiger partial charge in [0.25, 0.3) is 0 Å². The summed E-state index contributed by atoms with van der Waals surface area (Å²) >= 11 is 0. The molecule has 3 N–H and O–H groups in total. The first kappa shape index (κ1) is 12.0. The van der Waals surface area contributed by atoms with Crippen LogP contribution in [0.15, 0.2) is 48.7 Å². The minimum atomic E-state index is -0.126. The molecule has 1 heterocycles. The van der Waals surface area contributed by atoms with Crippen LogP contribution in [0.2, 0.25) is 0 Å². The van der Waals surface area contributed by atoms with Crippen LogP contribution in [0.3, 0.4) is 0 Å². The van der Waals surface area contributed by atoms with E-state index in [2.05, 4.69) is 11.1 Å². The summed E-state index contributed by atoms with van der Waals surface area (Å²) in [5, 5.41) is 9.67. The maximum atomic E-state index is 12.5. The summed E-state index contributed by atoms with van der Waals surface area (Å²) in [4.78, 5) is 15.6. The maximum Gasteiger partial charge on any atom is 0.197 e. The van der Waals surface area contributed by atoms with Gasteiger partial charge in [-0.05, 0) is 24.3 Å². The third-order valence-electron chi connectivity index (χ3n) is 3.26. The number of carbonyl (C=O) groups is 1. The number of para-hydroxylation sites is 1. The van der Waals surface area contributed by atoms with Gasteiger partial charge in [0.1, 0.15) is 0 Å². The van der Waals surface area contributed by atoms with Crippen molar-refractivity contribution in [2.75, 3.05) is 5.73 Å². The number of anilines is 1. The van der Waals surface area contributed by atoms with Crippen molar-refractivity contribution < 1.29 is 4.79 Å². The summed E-state index contributed by atoms with van der Waals surface area (Å²) in [6.07, 6.45) is 1.65. The molecule has 3 rings (SSSR count). The van der Waals surface area contributed by atoms with Gasteiger partial charge in [0.05, 0.1) is 11.6 Å². The number of aromatic nitrogens is 1. The van der Waals surface area contributed by atoms with Crippen molar-refractivity contribution in [2.45, 2.75) is 0 Å². The van der Waals surface area contributed by atoms with E-state index >= 15 is 0 Å². The van der Waals surface area contributed by atoms with Gasteiger partial charge in [0.15, 0.2) is 5.78 Å². The fraction of sp³-hybridized carbons (Fsp3) is 0. The number of benzene rings is 2. The average Bonchev–Trinajstić information content (AvgIpc) is 2.90. The Labute approximate surface area is 115 Å². The smallest absolute Gasteiger partial charge is 0.197 e. The fourth-order valence-electron chi connectivity index (χ4n) is 2.23. The molecule has 0 spiro atoms. The molecule has 0 saturated heterocycles. The van der Waals surface area contributed by atoms with E-state index in [9.17, 15) is 4.79 Å². The number of hydrogen-bond donors (Lipinski definition) is 2. The Morgan fingerprint density at radius 1 is 1.15 bits per heavy atom. The Morgan fingerprint density at radius 3 is 2.70 bits per heavy atom. The number of hydrogen-bond acceptors (Lipinski definition) is 3. The van der Waals surface area contributed by atoms with Gasteiger partial charge < -0.3 is 10.7 Å². The average molecular weight is 261 g/mol. The molecule has 0 aliphatic carbocycles. The van der Waals surface area contributed by atoms with Crippen molar-refractivity contribution in [1.29, 1.82) is 5.26 Å². The Kier molecular flexibility index (Phi) is 2.73. The first-order valence-corrected chi connectivity index (χ1v) is 6.11. The topological polar surface area (TPSA) is 82.7 Å². The van der Waals surface area contributed by atoms with Crippen LogP contribution < -0.4 is 5.73 Å². The molecule has 0 radical (unpaired) electrons. The lowest BCUT2D eigenvalue weighted by Crippen LogP contribution is -2.04. The Balaban J connectivity index is 2.14. The van der Waals surface area contributed by atoms with Crippen molar-refractivity contribution in [3.63, 3.8) is 0 Å². The van der Waals surface area contributed by atoms with Crippen molar-refractivity contribution in [1.82, 2.24) is 4.98 Å². The lowest BCUT2D eigenvalue weighted by atomic mass is 10.0. The molecule has 4 heteroatoms. The highest BCUT2D eigenvalue weighted by Crippen LogP contribution is 2.24. The molecule has 0 aliphatic heterocycles. The number of nitrogen functional groups attached to an aromatic ring is 1. The van der Waals surface area contributed by atoms with Crippen molar-refractivity contribution in [3.05, 3.63) is 65.4 Å². The molecule has 0 bridgehead atoms. The van der Waals surface area contributed by atoms with Crippen LogP contribution >= 0.6 is 0 Å². The quantitative estimate of drug-likeness (QED) is 0.549. The molecule has 0 atom stereocenters. The van der Waals surface area contributed by atoms with E-state index in [0.717, 1.165) is 10.9 Å². The monoisotopic (exact) mass is 261 g/mol. The van der Waals surface area contributed by atoms with E-state index < -0.39 is 0 Å². The van der Waals surface area contributed by atoms with E-state index in [-0.39, 0.29) is 5.78 Å². The molecule has 20 heavy (non-hydrogen) atoms. The molecule has 96 valence electrons. The molecule has 0 aliphatic rings. The number of nitrogens with one attached hydrogen (secondary N) is 1. The van der Waals surface area contributed by atoms with Crippen LogP contribution in [0, 0.1) is 11.3 Å².